The molecule has 0 aliphatic carbocycles. The second kappa shape index (κ2) is 6.91. The average molecular weight is 345 g/mol. The zero-order valence-corrected chi connectivity index (χ0v) is 14.9. The number of pyridine rings is 1. The van der Waals surface area contributed by atoms with Crippen LogP contribution in [-0.4, -0.2) is 30.8 Å². The molecule has 1 saturated heterocycles. The number of sulfonamides is 1. The second-order valence-electron chi connectivity index (χ2n) is 6.36. The monoisotopic (exact) mass is 345 g/mol. The molecule has 3 rings (SSSR count). The summed E-state index contributed by atoms with van der Waals surface area (Å²) < 4.78 is 27.2. The molecule has 0 amide bonds. The maximum absolute atomic E-state index is 12.8. The van der Waals surface area contributed by atoms with E-state index in [0.717, 1.165) is 18.5 Å². The minimum Gasteiger partial charge on any atom is -0.339 e. The van der Waals surface area contributed by atoms with Gasteiger partial charge in [-0.05, 0) is 48.6 Å². The normalized spacial score (nSPS) is 15.8. The van der Waals surface area contributed by atoms with Crippen molar-refractivity contribution in [2.45, 2.75) is 37.5 Å². The summed E-state index contributed by atoms with van der Waals surface area (Å²) in [5.41, 5.74) is 2.07. The molecule has 6 heteroatoms. The van der Waals surface area contributed by atoms with Crippen LogP contribution in [-0.2, 0) is 10.0 Å². The Balaban J connectivity index is 1.89. The molecule has 2 heterocycles. The van der Waals surface area contributed by atoms with Gasteiger partial charge in [-0.2, -0.15) is 4.31 Å². The minimum absolute atomic E-state index is 0.236. The number of hydrogen-bond acceptors (Lipinski definition) is 4. The van der Waals surface area contributed by atoms with E-state index in [1.165, 1.54) is 9.87 Å². The average Bonchev–Trinajstić information content (AvgIpc) is 3.11. The van der Waals surface area contributed by atoms with Crippen molar-refractivity contribution in [3.63, 3.8) is 0 Å². The minimum atomic E-state index is -3.50. The fourth-order valence-corrected chi connectivity index (χ4v) is 4.46. The molecule has 5 nitrogen and oxygen atoms in total. The molecule has 1 aliphatic rings. The van der Waals surface area contributed by atoms with Crippen molar-refractivity contribution in [3.8, 4) is 0 Å². The molecular weight excluding hydrogens is 322 g/mol. The predicted molar refractivity (Wildman–Crippen MR) is 96.0 cm³/mol. The van der Waals surface area contributed by atoms with Gasteiger partial charge in [-0.3, -0.25) is 0 Å². The first-order valence-electron chi connectivity index (χ1n) is 8.30. The van der Waals surface area contributed by atoms with Gasteiger partial charge < -0.3 is 5.32 Å². The first-order chi connectivity index (χ1) is 11.5. The van der Waals surface area contributed by atoms with Gasteiger partial charge in [0, 0.05) is 25.0 Å². The topological polar surface area (TPSA) is 62.3 Å². The van der Waals surface area contributed by atoms with Gasteiger partial charge in [0.15, 0.2) is 5.82 Å². The van der Waals surface area contributed by atoms with Gasteiger partial charge in [0.05, 0.1) is 0 Å². The molecule has 128 valence electrons. The molecule has 0 spiro atoms. The van der Waals surface area contributed by atoms with Crippen molar-refractivity contribution in [1.82, 2.24) is 9.29 Å². The van der Waals surface area contributed by atoms with Gasteiger partial charge in [-0.15, -0.1) is 0 Å². The maximum Gasteiger partial charge on any atom is 0.246 e. The fourth-order valence-electron chi connectivity index (χ4n) is 2.85. The molecule has 0 saturated carbocycles. The van der Waals surface area contributed by atoms with Crippen LogP contribution in [0.15, 0.2) is 47.5 Å². The Morgan fingerprint density at radius 2 is 1.75 bits per heavy atom. The zero-order chi connectivity index (χ0) is 17.2. The van der Waals surface area contributed by atoms with E-state index in [4.69, 9.17) is 0 Å². The maximum atomic E-state index is 12.8. The van der Waals surface area contributed by atoms with E-state index in [-0.39, 0.29) is 4.90 Å². The van der Waals surface area contributed by atoms with E-state index in [1.54, 1.807) is 18.3 Å². The predicted octanol–water partition coefficient (Wildman–Crippen LogP) is 3.73. The molecule has 2 aromatic rings. The molecule has 0 bridgehead atoms. The summed E-state index contributed by atoms with van der Waals surface area (Å²) in [4.78, 5) is 4.49. The lowest BCUT2D eigenvalue weighted by Gasteiger charge is -2.18. The Kier molecular flexibility index (Phi) is 4.87. The smallest absolute Gasteiger partial charge is 0.246 e. The van der Waals surface area contributed by atoms with E-state index in [1.807, 2.05) is 24.3 Å². The fraction of sp³-hybridized carbons (Fsp3) is 0.389. The summed E-state index contributed by atoms with van der Waals surface area (Å²) in [6, 6.07) is 11.3. The van der Waals surface area contributed by atoms with E-state index in [9.17, 15) is 8.42 Å². The Labute approximate surface area is 143 Å². The third-order valence-corrected chi connectivity index (χ3v) is 6.22. The number of hydrogen-bond donors (Lipinski definition) is 1. The van der Waals surface area contributed by atoms with Crippen molar-refractivity contribution in [2.24, 2.45) is 0 Å². The van der Waals surface area contributed by atoms with Crippen LogP contribution in [0, 0.1) is 0 Å². The summed E-state index contributed by atoms with van der Waals surface area (Å²) >= 11 is 0. The van der Waals surface area contributed by atoms with Crippen molar-refractivity contribution < 1.29 is 8.42 Å². The molecular formula is C18H23N3O2S. The highest BCUT2D eigenvalue weighted by Gasteiger charge is 2.29. The van der Waals surface area contributed by atoms with E-state index >= 15 is 0 Å². The first-order valence-corrected chi connectivity index (χ1v) is 9.74. The standard InChI is InChI=1S/C18H23N3O2S/c1-14(2)15-7-9-16(10-8-15)20-18-17(6-5-11-19-18)24(22,23)21-12-3-4-13-21/h5-11,14H,3-4,12-13H2,1-2H3,(H,19,20). The third kappa shape index (κ3) is 3.44. The Morgan fingerprint density at radius 1 is 1.08 bits per heavy atom. The molecule has 1 aromatic heterocycles. The van der Waals surface area contributed by atoms with Crippen LogP contribution in [0.5, 0.6) is 0 Å². The van der Waals surface area contributed by atoms with Gasteiger partial charge in [0.1, 0.15) is 4.90 Å². The summed E-state index contributed by atoms with van der Waals surface area (Å²) in [7, 11) is -3.50. The molecule has 0 atom stereocenters. The largest absolute Gasteiger partial charge is 0.339 e. The van der Waals surface area contributed by atoms with Crippen LogP contribution in [0.1, 0.15) is 38.2 Å². The lowest BCUT2D eigenvalue weighted by Crippen LogP contribution is -2.28. The highest BCUT2D eigenvalue weighted by atomic mass is 32.2. The second-order valence-corrected chi connectivity index (χ2v) is 8.27. The van der Waals surface area contributed by atoms with Gasteiger partial charge in [0.25, 0.3) is 0 Å². The Bertz CT molecular complexity index is 795. The van der Waals surface area contributed by atoms with E-state index in [0.29, 0.717) is 24.8 Å². The third-order valence-electron chi connectivity index (χ3n) is 4.29. The van der Waals surface area contributed by atoms with Gasteiger partial charge in [-0.1, -0.05) is 26.0 Å². The van der Waals surface area contributed by atoms with Gasteiger partial charge >= 0.3 is 0 Å². The number of aromatic nitrogens is 1. The summed E-state index contributed by atoms with van der Waals surface area (Å²) in [5.74, 6) is 0.835. The van der Waals surface area contributed by atoms with Crippen LogP contribution in [0.4, 0.5) is 11.5 Å². The zero-order valence-electron chi connectivity index (χ0n) is 14.1. The number of rotatable bonds is 5. The number of anilines is 2. The summed E-state index contributed by atoms with van der Waals surface area (Å²) in [6.45, 7) is 5.45. The highest BCUT2D eigenvalue weighted by molar-refractivity contribution is 7.89. The van der Waals surface area contributed by atoms with Crippen molar-refractivity contribution >= 4 is 21.5 Å². The molecule has 1 aliphatic heterocycles. The lowest BCUT2D eigenvalue weighted by atomic mass is 10.0. The Hall–Kier alpha value is -1.92. The molecule has 0 unspecified atom stereocenters. The molecule has 0 radical (unpaired) electrons. The van der Waals surface area contributed by atoms with Crippen LogP contribution in [0.25, 0.3) is 0 Å². The van der Waals surface area contributed by atoms with Gasteiger partial charge in [-0.25, -0.2) is 13.4 Å². The first kappa shape index (κ1) is 16.9. The van der Waals surface area contributed by atoms with E-state index in [2.05, 4.69) is 24.1 Å². The van der Waals surface area contributed by atoms with Crippen molar-refractivity contribution in [1.29, 1.82) is 0 Å². The SMILES string of the molecule is CC(C)c1ccc(Nc2ncccc2S(=O)(=O)N2CCCC2)cc1. The number of nitrogens with one attached hydrogen (secondary N) is 1. The van der Waals surface area contributed by atoms with Crippen molar-refractivity contribution in [3.05, 3.63) is 48.2 Å². The number of benzene rings is 1. The van der Waals surface area contributed by atoms with E-state index < -0.39 is 10.0 Å². The van der Waals surface area contributed by atoms with Crippen LogP contribution in [0.2, 0.25) is 0 Å². The summed E-state index contributed by atoms with van der Waals surface area (Å²) in [6.07, 6.45) is 3.44. The molecule has 1 N–H and O–H groups in total. The lowest BCUT2D eigenvalue weighted by molar-refractivity contribution is 0.477. The number of nitrogens with zero attached hydrogens (tertiary/aromatic N) is 2. The Morgan fingerprint density at radius 3 is 2.38 bits per heavy atom. The van der Waals surface area contributed by atoms with Crippen LogP contribution in [0.3, 0.4) is 0 Å². The molecule has 1 fully saturated rings. The highest BCUT2D eigenvalue weighted by Crippen LogP contribution is 2.28. The summed E-state index contributed by atoms with van der Waals surface area (Å²) in [5, 5.41) is 3.15. The molecule has 24 heavy (non-hydrogen) atoms. The quantitative estimate of drug-likeness (QED) is 0.897. The van der Waals surface area contributed by atoms with Crippen molar-refractivity contribution in [2.75, 3.05) is 18.4 Å². The molecule has 1 aromatic carbocycles. The van der Waals surface area contributed by atoms with Gasteiger partial charge in [0.2, 0.25) is 10.0 Å². The van der Waals surface area contributed by atoms with Crippen LogP contribution >= 0.6 is 0 Å². The van der Waals surface area contributed by atoms with Crippen LogP contribution < -0.4 is 5.32 Å².